The van der Waals surface area contributed by atoms with Crippen LogP contribution in [-0.2, 0) is 0 Å². The summed E-state index contributed by atoms with van der Waals surface area (Å²) in [7, 11) is 0. The highest BCUT2D eigenvalue weighted by molar-refractivity contribution is 5.39. The first-order valence-electron chi connectivity index (χ1n) is 4.44. The average Bonchev–Trinajstić information content (AvgIpc) is 2.24. The summed E-state index contributed by atoms with van der Waals surface area (Å²) in [5.41, 5.74) is 3.54. The van der Waals surface area contributed by atoms with Gasteiger partial charge in [-0.05, 0) is 43.3 Å². The molecule has 0 N–H and O–H groups in total. The molecule has 0 aliphatic heterocycles. The molecule has 0 aromatic carbocycles. The second kappa shape index (κ2) is 2.84. The van der Waals surface area contributed by atoms with Gasteiger partial charge in [-0.1, -0.05) is 26.0 Å². The molecule has 62 valence electrons. The van der Waals surface area contributed by atoms with Crippen molar-refractivity contribution in [2.24, 2.45) is 5.41 Å². The lowest BCUT2D eigenvalue weighted by Gasteiger charge is -2.19. The normalized spacial score (nSPS) is 30.2. The van der Waals surface area contributed by atoms with E-state index >= 15 is 0 Å². The second-order valence-electron chi connectivity index (χ2n) is 3.90. The van der Waals surface area contributed by atoms with Crippen molar-refractivity contribution in [2.75, 3.05) is 0 Å². The molecule has 1 aliphatic rings. The molecule has 11 heavy (non-hydrogen) atoms. The topological polar surface area (TPSA) is 0 Å². The minimum Gasteiger partial charge on any atom is -0.0842 e. The fourth-order valence-electron chi connectivity index (χ4n) is 2.03. The molecule has 0 bridgehead atoms. The van der Waals surface area contributed by atoms with E-state index in [1.165, 1.54) is 12.8 Å². The monoisotopic (exact) mass is 150 g/mol. The van der Waals surface area contributed by atoms with E-state index in [2.05, 4.69) is 39.8 Å². The van der Waals surface area contributed by atoms with Crippen LogP contribution in [0.3, 0.4) is 0 Å². The molecule has 0 atom stereocenters. The zero-order valence-electron chi connectivity index (χ0n) is 8.07. The van der Waals surface area contributed by atoms with Gasteiger partial charge in [0.05, 0.1) is 0 Å². The van der Waals surface area contributed by atoms with Gasteiger partial charge in [0.15, 0.2) is 0 Å². The van der Waals surface area contributed by atoms with Gasteiger partial charge in [0.2, 0.25) is 0 Å². The van der Waals surface area contributed by atoms with Crippen molar-refractivity contribution < 1.29 is 0 Å². The Balaban J connectivity index is 2.99. The van der Waals surface area contributed by atoms with Crippen LogP contribution in [0, 0.1) is 5.41 Å². The van der Waals surface area contributed by atoms with Crippen molar-refractivity contribution in [1.29, 1.82) is 0 Å². The molecule has 0 heteroatoms. The van der Waals surface area contributed by atoms with E-state index in [9.17, 15) is 0 Å². The van der Waals surface area contributed by atoms with Gasteiger partial charge in [0.25, 0.3) is 0 Å². The maximum atomic E-state index is 2.33. The lowest BCUT2D eigenvalue weighted by atomic mass is 9.86. The molecule has 1 saturated carbocycles. The third-order valence-corrected chi connectivity index (χ3v) is 2.73. The third kappa shape index (κ3) is 1.40. The largest absolute Gasteiger partial charge is 0.0842 e. The van der Waals surface area contributed by atoms with E-state index in [0.29, 0.717) is 5.41 Å². The van der Waals surface area contributed by atoms with Crippen LogP contribution in [0.15, 0.2) is 23.3 Å². The third-order valence-electron chi connectivity index (χ3n) is 2.73. The average molecular weight is 150 g/mol. The zero-order chi connectivity index (χ0) is 8.48. The van der Waals surface area contributed by atoms with E-state index in [1.54, 1.807) is 11.1 Å². The first kappa shape index (κ1) is 8.58. The van der Waals surface area contributed by atoms with E-state index in [0.717, 1.165) is 0 Å². The summed E-state index contributed by atoms with van der Waals surface area (Å²) in [6.07, 6.45) is 7.10. The quantitative estimate of drug-likeness (QED) is 0.494. The highest BCUT2D eigenvalue weighted by Gasteiger charge is 2.30. The molecule has 1 rings (SSSR count). The maximum absolute atomic E-state index is 2.33. The highest BCUT2D eigenvalue weighted by Crippen LogP contribution is 2.45. The number of rotatable bonds is 0. The Labute approximate surface area is 70.0 Å². The molecule has 0 aromatic rings. The van der Waals surface area contributed by atoms with Crippen molar-refractivity contribution in [3.05, 3.63) is 23.3 Å². The predicted molar refractivity (Wildman–Crippen MR) is 50.5 cm³/mol. The van der Waals surface area contributed by atoms with Gasteiger partial charge in [-0.25, -0.2) is 0 Å². The van der Waals surface area contributed by atoms with Crippen LogP contribution < -0.4 is 0 Å². The Bertz CT molecular complexity index is 204. The molecule has 1 fully saturated rings. The number of hydrogen-bond acceptors (Lipinski definition) is 0. The first-order chi connectivity index (χ1) is 5.11. The van der Waals surface area contributed by atoms with E-state index in [1.807, 2.05) is 0 Å². The summed E-state index contributed by atoms with van der Waals surface area (Å²) in [5.74, 6) is 0. The zero-order valence-corrected chi connectivity index (χ0v) is 8.07. The van der Waals surface area contributed by atoms with Crippen LogP contribution in [0.1, 0.15) is 40.5 Å². The molecule has 0 unspecified atom stereocenters. The molecule has 0 spiro atoms. The Morgan fingerprint density at radius 2 is 1.82 bits per heavy atom. The van der Waals surface area contributed by atoms with Crippen molar-refractivity contribution in [3.8, 4) is 0 Å². The summed E-state index contributed by atoms with van der Waals surface area (Å²) in [6.45, 7) is 8.95. The Kier molecular flexibility index (Phi) is 2.22. The molecular weight excluding hydrogens is 132 g/mol. The minimum absolute atomic E-state index is 0.427. The van der Waals surface area contributed by atoms with E-state index < -0.39 is 0 Å². The molecule has 0 heterocycles. The van der Waals surface area contributed by atoms with Crippen LogP contribution in [0.4, 0.5) is 0 Å². The first-order valence-corrected chi connectivity index (χ1v) is 4.44. The number of hydrogen-bond donors (Lipinski definition) is 0. The van der Waals surface area contributed by atoms with Crippen LogP contribution >= 0.6 is 0 Å². The van der Waals surface area contributed by atoms with Gasteiger partial charge in [-0.15, -0.1) is 0 Å². The van der Waals surface area contributed by atoms with Gasteiger partial charge in [-0.3, -0.25) is 0 Å². The van der Waals surface area contributed by atoms with E-state index in [-0.39, 0.29) is 0 Å². The van der Waals surface area contributed by atoms with Crippen LogP contribution in [0.5, 0.6) is 0 Å². The van der Waals surface area contributed by atoms with Crippen LogP contribution in [0.2, 0.25) is 0 Å². The smallest absolute Gasteiger partial charge is 0.0101 e. The van der Waals surface area contributed by atoms with Crippen LogP contribution in [-0.4, -0.2) is 0 Å². The molecule has 0 saturated heterocycles. The van der Waals surface area contributed by atoms with Crippen molar-refractivity contribution >= 4 is 0 Å². The fraction of sp³-hybridized carbons (Fsp3) is 0.636. The second-order valence-corrected chi connectivity index (χ2v) is 3.90. The van der Waals surface area contributed by atoms with Gasteiger partial charge in [-0.2, -0.15) is 0 Å². The molecule has 1 aliphatic carbocycles. The summed E-state index contributed by atoms with van der Waals surface area (Å²) in [6, 6.07) is 0. The van der Waals surface area contributed by atoms with Crippen LogP contribution in [0.25, 0.3) is 0 Å². The van der Waals surface area contributed by atoms with Gasteiger partial charge in [0.1, 0.15) is 0 Å². The minimum atomic E-state index is 0.427. The summed E-state index contributed by atoms with van der Waals surface area (Å²) in [5, 5.41) is 0. The Morgan fingerprint density at radius 3 is 2.18 bits per heavy atom. The Morgan fingerprint density at radius 1 is 1.18 bits per heavy atom. The van der Waals surface area contributed by atoms with Crippen molar-refractivity contribution in [1.82, 2.24) is 0 Å². The molecule has 0 amide bonds. The SMILES string of the molecule is C/C=C1\C(=C\C)CCC1(C)C. The Hall–Kier alpha value is -0.520. The number of allylic oxidation sites excluding steroid dienone is 4. The molecule has 0 aromatic heterocycles. The van der Waals surface area contributed by atoms with Crippen molar-refractivity contribution in [3.63, 3.8) is 0 Å². The lowest BCUT2D eigenvalue weighted by Crippen LogP contribution is -2.07. The summed E-state index contributed by atoms with van der Waals surface area (Å²) < 4.78 is 0. The predicted octanol–water partition coefficient (Wildman–Crippen LogP) is 3.70. The molecular formula is C11H18. The maximum Gasteiger partial charge on any atom is -0.0101 e. The van der Waals surface area contributed by atoms with Gasteiger partial charge < -0.3 is 0 Å². The summed E-state index contributed by atoms with van der Waals surface area (Å²) in [4.78, 5) is 0. The van der Waals surface area contributed by atoms with Crippen molar-refractivity contribution in [2.45, 2.75) is 40.5 Å². The highest BCUT2D eigenvalue weighted by atomic mass is 14.4. The van der Waals surface area contributed by atoms with Gasteiger partial charge in [0, 0.05) is 0 Å². The standard InChI is InChI=1S/C11H18/c1-5-9-7-8-11(3,4)10(9)6-2/h5-6H,7-8H2,1-4H3/b9-5+,10-6+. The fourth-order valence-corrected chi connectivity index (χ4v) is 2.03. The summed E-state index contributed by atoms with van der Waals surface area (Å²) >= 11 is 0. The molecule has 0 radical (unpaired) electrons. The lowest BCUT2D eigenvalue weighted by molar-refractivity contribution is 0.461. The molecule has 0 nitrogen and oxygen atoms in total. The van der Waals surface area contributed by atoms with Gasteiger partial charge >= 0.3 is 0 Å². The van der Waals surface area contributed by atoms with E-state index in [4.69, 9.17) is 0 Å².